The van der Waals surface area contributed by atoms with Crippen molar-refractivity contribution in [2.45, 2.75) is 31.7 Å². The first-order chi connectivity index (χ1) is 11.4. The van der Waals surface area contributed by atoms with Crippen LogP contribution in [0.15, 0.2) is 18.2 Å². The summed E-state index contributed by atoms with van der Waals surface area (Å²) in [6, 6.07) is 5.74. The fourth-order valence-electron chi connectivity index (χ4n) is 2.99. The van der Waals surface area contributed by atoms with E-state index in [-0.39, 0.29) is 18.7 Å². The molecule has 7 nitrogen and oxygen atoms in total. The van der Waals surface area contributed by atoms with Gasteiger partial charge in [0.15, 0.2) is 11.5 Å². The van der Waals surface area contributed by atoms with Gasteiger partial charge in [0.2, 0.25) is 22.7 Å². The highest BCUT2D eigenvalue weighted by Gasteiger charge is 2.25. The van der Waals surface area contributed by atoms with Crippen LogP contribution < -0.4 is 14.8 Å². The van der Waals surface area contributed by atoms with E-state index in [4.69, 9.17) is 9.47 Å². The SMILES string of the molecule is CS(=O)(=O)N1CCC(NC(=O)CCc2ccc3c(c2)OCO3)CC1. The second-order valence-corrected chi connectivity index (χ2v) is 8.17. The molecule has 1 fully saturated rings. The molecule has 1 saturated heterocycles. The molecular weight excluding hydrogens is 332 g/mol. The van der Waals surface area contributed by atoms with Crippen LogP contribution in [0, 0.1) is 0 Å². The molecule has 24 heavy (non-hydrogen) atoms. The van der Waals surface area contributed by atoms with Crippen molar-refractivity contribution >= 4 is 15.9 Å². The number of rotatable bonds is 5. The number of piperidine rings is 1. The average Bonchev–Trinajstić information content (AvgIpc) is 3.00. The molecule has 2 aliphatic heterocycles. The molecule has 2 heterocycles. The first-order valence-electron chi connectivity index (χ1n) is 8.05. The van der Waals surface area contributed by atoms with E-state index in [1.165, 1.54) is 10.6 Å². The van der Waals surface area contributed by atoms with Crippen LogP contribution in [0.5, 0.6) is 11.5 Å². The molecule has 1 aromatic carbocycles. The highest BCUT2D eigenvalue weighted by Crippen LogP contribution is 2.32. The van der Waals surface area contributed by atoms with Gasteiger partial charge in [-0.15, -0.1) is 0 Å². The molecule has 2 aliphatic rings. The van der Waals surface area contributed by atoms with Crippen molar-refractivity contribution in [1.29, 1.82) is 0 Å². The summed E-state index contributed by atoms with van der Waals surface area (Å²) in [5, 5.41) is 3.00. The summed E-state index contributed by atoms with van der Waals surface area (Å²) >= 11 is 0. The third kappa shape index (κ3) is 4.18. The maximum Gasteiger partial charge on any atom is 0.231 e. The van der Waals surface area contributed by atoms with Gasteiger partial charge in [0.05, 0.1) is 6.26 Å². The summed E-state index contributed by atoms with van der Waals surface area (Å²) in [6.07, 6.45) is 3.56. The van der Waals surface area contributed by atoms with E-state index in [1.54, 1.807) is 0 Å². The van der Waals surface area contributed by atoms with Crippen molar-refractivity contribution in [2.24, 2.45) is 0 Å². The van der Waals surface area contributed by atoms with E-state index in [0.29, 0.717) is 38.8 Å². The molecule has 0 radical (unpaired) electrons. The van der Waals surface area contributed by atoms with Gasteiger partial charge in [-0.2, -0.15) is 0 Å². The Bertz CT molecular complexity index is 711. The lowest BCUT2D eigenvalue weighted by Crippen LogP contribution is -2.46. The van der Waals surface area contributed by atoms with Crippen LogP contribution in [0.1, 0.15) is 24.8 Å². The number of hydrogen-bond donors (Lipinski definition) is 1. The molecule has 1 aromatic rings. The molecule has 1 N–H and O–H groups in total. The largest absolute Gasteiger partial charge is 0.454 e. The number of ether oxygens (including phenoxy) is 2. The Kier molecular flexibility index (Phi) is 4.96. The van der Waals surface area contributed by atoms with Crippen LogP contribution in [-0.4, -0.2) is 50.8 Å². The van der Waals surface area contributed by atoms with Crippen molar-refractivity contribution in [3.05, 3.63) is 23.8 Å². The monoisotopic (exact) mass is 354 g/mol. The predicted molar refractivity (Wildman–Crippen MR) is 88.5 cm³/mol. The van der Waals surface area contributed by atoms with Gasteiger partial charge in [-0.3, -0.25) is 4.79 Å². The van der Waals surface area contributed by atoms with Gasteiger partial charge < -0.3 is 14.8 Å². The third-order valence-electron chi connectivity index (χ3n) is 4.37. The lowest BCUT2D eigenvalue weighted by molar-refractivity contribution is -0.122. The van der Waals surface area contributed by atoms with Gasteiger partial charge in [-0.25, -0.2) is 12.7 Å². The zero-order valence-electron chi connectivity index (χ0n) is 13.7. The van der Waals surface area contributed by atoms with Gasteiger partial charge >= 0.3 is 0 Å². The Morgan fingerprint density at radius 2 is 1.96 bits per heavy atom. The van der Waals surface area contributed by atoms with Gasteiger partial charge in [0.1, 0.15) is 0 Å². The smallest absolute Gasteiger partial charge is 0.231 e. The first kappa shape index (κ1) is 17.0. The molecule has 0 aliphatic carbocycles. The number of nitrogens with zero attached hydrogens (tertiary/aromatic N) is 1. The molecule has 3 rings (SSSR count). The number of carbonyl (C=O) groups is 1. The molecule has 0 spiro atoms. The molecule has 1 amide bonds. The maximum absolute atomic E-state index is 12.1. The highest BCUT2D eigenvalue weighted by molar-refractivity contribution is 7.88. The Balaban J connectivity index is 1.43. The topological polar surface area (TPSA) is 84.9 Å². The second-order valence-electron chi connectivity index (χ2n) is 6.19. The third-order valence-corrected chi connectivity index (χ3v) is 5.67. The zero-order valence-corrected chi connectivity index (χ0v) is 14.5. The number of amides is 1. The summed E-state index contributed by atoms with van der Waals surface area (Å²) < 4.78 is 35.0. The van der Waals surface area contributed by atoms with Gasteiger partial charge in [-0.1, -0.05) is 6.07 Å². The molecule has 0 saturated carbocycles. The van der Waals surface area contributed by atoms with E-state index in [0.717, 1.165) is 17.1 Å². The Morgan fingerprint density at radius 3 is 2.67 bits per heavy atom. The summed E-state index contributed by atoms with van der Waals surface area (Å²) in [4.78, 5) is 12.1. The molecule has 132 valence electrons. The van der Waals surface area contributed by atoms with E-state index in [1.807, 2.05) is 18.2 Å². The molecule has 0 atom stereocenters. The van der Waals surface area contributed by atoms with Gasteiger partial charge in [0.25, 0.3) is 0 Å². The van der Waals surface area contributed by atoms with E-state index in [9.17, 15) is 13.2 Å². The second kappa shape index (κ2) is 6.98. The maximum atomic E-state index is 12.1. The minimum atomic E-state index is -3.13. The summed E-state index contributed by atoms with van der Waals surface area (Å²) in [5.41, 5.74) is 1.03. The number of nitrogens with one attached hydrogen (secondary N) is 1. The Morgan fingerprint density at radius 1 is 1.25 bits per heavy atom. The van der Waals surface area contributed by atoms with Crippen molar-refractivity contribution < 1.29 is 22.7 Å². The summed E-state index contributed by atoms with van der Waals surface area (Å²) in [7, 11) is -3.13. The Hall–Kier alpha value is -1.80. The minimum absolute atomic E-state index is 0.00882. The summed E-state index contributed by atoms with van der Waals surface area (Å²) in [6.45, 7) is 1.17. The zero-order chi connectivity index (χ0) is 17.2. The standard InChI is InChI=1S/C16H22N2O5S/c1-24(20,21)18-8-6-13(7-9-18)17-16(19)5-3-12-2-4-14-15(10-12)23-11-22-14/h2,4,10,13H,3,5-9,11H2,1H3,(H,17,19). The minimum Gasteiger partial charge on any atom is -0.454 e. The fourth-order valence-corrected chi connectivity index (χ4v) is 3.86. The lowest BCUT2D eigenvalue weighted by atomic mass is 10.1. The van der Waals surface area contributed by atoms with Crippen molar-refractivity contribution in [2.75, 3.05) is 26.1 Å². The highest BCUT2D eigenvalue weighted by atomic mass is 32.2. The average molecular weight is 354 g/mol. The number of sulfonamides is 1. The quantitative estimate of drug-likeness (QED) is 0.849. The van der Waals surface area contributed by atoms with Gasteiger partial charge in [-0.05, 0) is 37.0 Å². The lowest BCUT2D eigenvalue weighted by Gasteiger charge is -2.30. The number of aryl methyl sites for hydroxylation is 1. The number of benzene rings is 1. The first-order valence-corrected chi connectivity index (χ1v) is 9.89. The van der Waals surface area contributed by atoms with Crippen LogP contribution in [-0.2, 0) is 21.2 Å². The van der Waals surface area contributed by atoms with Crippen LogP contribution in [0.3, 0.4) is 0 Å². The molecule has 0 unspecified atom stereocenters. The van der Waals surface area contributed by atoms with E-state index in [2.05, 4.69) is 5.32 Å². The summed E-state index contributed by atoms with van der Waals surface area (Å²) in [5.74, 6) is 1.45. The van der Waals surface area contributed by atoms with Crippen molar-refractivity contribution in [3.8, 4) is 11.5 Å². The molecule has 8 heteroatoms. The van der Waals surface area contributed by atoms with Crippen LogP contribution in [0.25, 0.3) is 0 Å². The van der Waals surface area contributed by atoms with Gasteiger partial charge in [0, 0.05) is 25.6 Å². The molecule has 0 aromatic heterocycles. The molecule has 0 bridgehead atoms. The van der Waals surface area contributed by atoms with Crippen LogP contribution >= 0.6 is 0 Å². The number of fused-ring (bicyclic) bond motifs is 1. The van der Waals surface area contributed by atoms with Crippen molar-refractivity contribution in [3.63, 3.8) is 0 Å². The fraction of sp³-hybridized carbons (Fsp3) is 0.562. The number of carbonyl (C=O) groups excluding carboxylic acids is 1. The van der Waals surface area contributed by atoms with E-state index >= 15 is 0 Å². The Labute approximate surface area is 142 Å². The van der Waals surface area contributed by atoms with Crippen LogP contribution in [0.4, 0.5) is 0 Å². The normalized spacial score (nSPS) is 18.5. The van der Waals surface area contributed by atoms with Crippen molar-refractivity contribution in [1.82, 2.24) is 9.62 Å². The predicted octanol–water partition coefficient (Wildman–Crippen LogP) is 0.888. The van der Waals surface area contributed by atoms with Crippen LogP contribution in [0.2, 0.25) is 0 Å². The number of hydrogen-bond acceptors (Lipinski definition) is 5. The molecular formula is C16H22N2O5S. The van der Waals surface area contributed by atoms with E-state index < -0.39 is 10.0 Å².